The Hall–Kier alpha value is -3.04. The lowest BCUT2D eigenvalue weighted by molar-refractivity contribution is -0.122. The summed E-state index contributed by atoms with van der Waals surface area (Å²) in [5.41, 5.74) is 1.53. The van der Waals surface area contributed by atoms with Gasteiger partial charge in [-0.2, -0.15) is 10.1 Å². The Labute approximate surface area is 184 Å². The lowest BCUT2D eigenvalue weighted by atomic mass is 10.2. The fraction of sp³-hybridized carbons (Fsp3) is 0.190. The van der Waals surface area contributed by atoms with Crippen LogP contribution in [0.3, 0.4) is 0 Å². The number of amides is 1. The van der Waals surface area contributed by atoms with Crippen molar-refractivity contribution in [1.82, 2.24) is 5.01 Å². The molecular formula is C21H20N2O5S2. The summed E-state index contributed by atoms with van der Waals surface area (Å²) < 4.78 is 21.4. The normalized spacial score (nSPS) is 15.2. The van der Waals surface area contributed by atoms with Gasteiger partial charge in [0, 0.05) is 0 Å². The zero-order valence-corrected chi connectivity index (χ0v) is 18.5. The van der Waals surface area contributed by atoms with Crippen molar-refractivity contribution in [3.8, 4) is 23.0 Å². The van der Waals surface area contributed by atoms with Gasteiger partial charge in [-0.1, -0.05) is 17.8 Å². The zero-order chi connectivity index (χ0) is 21.7. The van der Waals surface area contributed by atoms with Crippen molar-refractivity contribution in [2.75, 3.05) is 28.4 Å². The van der Waals surface area contributed by atoms with Crippen molar-refractivity contribution >= 4 is 46.5 Å². The van der Waals surface area contributed by atoms with Crippen LogP contribution in [-0.2, 0) is 4.79 Å². The summed E-state index contributed by atoms with van der Waals surface area (Å²) in [6.45, 7) is 0. The molecule has 0 unspecified atom stereocenters. The third kappa shape index (κ3) is 4.58. The fourth-order valence-electron chi connectivity index (χ4n) is 2.71. The number of rotatable bonds is 7. The highest BCUT2D eigenvalue weighted by Gasteiger charge is 2.32. The van der Waals surface area contributed by atoms with Crippen LogP contribution in [0.25, 0.3) is 6.08 Å². The molecule has 0 spiro atoms. The monoisotopic (exact) mass is 444 g/mol. The van der Waals surface area contributed by atoms with Gasteiger partial charge in [-0.05, 0) is 59.8 Å². The molecule has 1 fully saturated rings. The van der Waals surface area contributed by atoms with Gasteiger partial charge in [0.15, 0.2) is 27.3 Å². The van der Waals surface area contributed by atoms with E-state index in [4.69, 9.17) is 31.2 Å². The summed E-state index contributed by atoms with van der Waals surface area (Å²) in [7, 11) is 6.25. The molecule has 0 aliphatic carbocycles. The van der Waals surface area contributed by atoms with Gasteiger partial charge in [-0.15, -0.1) is 0 Å². The van der Waals surface area contributed by atoms with Crippen LogP contribution in [0.2, 0.25) is 0 Å². The van der Waals surface area contributed by atoms with Crippen LogP contribution in [0.5, 0.6) is 23.0 Å². The molecule has 0 saturated carbocycles. The van der Waals surface area contributed by atoms with Gasteiger partial charge < -0.3 is 18.9 Å². The van der Waals surface area contributed by atoms with Gasteiger partial charge in [-0.3, -0.25) is 4.79 Å². The lowest BCUT2D eigenvalue weighted by Gasteiger charge is -2.09. The van der Waals surface area contributed by atoms with Crippen LogP contribution in [0.4, 0.5) is 0 Å². The Morgan fingerprint density at radius 3 is 1.97 bits per heavy atom. The number of carbonyl (C=O) groups excluding carboxylic acids is 1. The third-order valence-corrected chi connectivity index (χ3v) is 5.49. The van der Waals surface area contributed by atoms with Crippen LogP contribution in [0.15, 0.2) is 46.4 Å². The van der Waals surface area contributed by atoms with Crippen LogP contribution in [0, 0.1) is 0 Å². The van der Waals surface area contributed by atoms with E-state index in [9.17, 15) is 4.79 Å². The first-order valence-corrected chi connectivity index (χ1v) is 9.99. The molecule has 1 amide bonds. The number of hydrogen-bond donors (Lipinski definition) is 0. The largest absolute Gasteiger partial charge is 0.493 e. The van der Waals surface area contributed by atoms with Crippen molar-refractivity contribution in [2.45, 2.75) is 0 Å². The molecule has 3 rings (SSSR count). The van der Waals surface area contributed by atoms with Gasteiger partial charge in [-0.25, -0.2) is 0 Å². The maximum absolute atomic E-state index is 12.8. The minimum atomic E-state index is -0.295. The van der Waals surface area contributed by atoms with E-state index in [1.807, 2.05) is 12.1 Å². The van der Waals surface area contributed by atoms with E-state index in [0.717, 1.165) is 11.1 Å². The second-order valence-corrected chi connectivity index (χ2v) is 7.64. The number of hydrogen-bond acceptors (Lipinski definition) is 8. The predicted octanol–water partition coefficient (Wildman–Crippen LogP) is 3.96. The van der Waals surface area contributed by atoms with Gasteiger partial charge in [0.25, 0.3) is 5.91 Å². The number of ether oxygens (including phenoxy) is 4. The smallest absolute Gasteiger partial charge is 0.286 e. The average molecular weight is 445 g/mol. The van der Waals surface area contributed by atoms with Crippen molar-refractivity contribution in [2.24, 2.45) is 5.10 Å². The summed E-state index contributed by atoms with van der Waals surface area (Å²) in [5.74, 6) is 2.07. The Bertz CT molecular complexity index is 1040. The highest BCUT2D eigenvalue weighted by molar-refractivity contribution is 8.26. The Kier molecular flexibility index (Phi) is 6.96. The minimum absolute atomic E-state index is 0.295. The highest BCUT2D eigenvalue weighted by Crippen LogP contribution is 2.35. The number of benzene rings is 2. The van der Waals surface area contributed by atoms with Crippen molar-refractivity contribution in [3.05, 3.63) is 52.4 Å². The molecule has 1 heterocycles. The molecule has 1 saturated heterocycles. The van der Waals surface area contributed by atoms with E-state index in [-0.39, 0.29) is 5.91 Å². The topological polar surface area (TPSA) is 69.6 Å². The van der Waals surface area contributed by atoms with Crippen LogP contribution < -0.4 is 18.9 Å². The summed E-state index contributed by atoms with van der Waals surface area (Å²) in [6.07, 6.45) is 3.29. The number of nitrogens with zero attached hydrogens (tertiary/aromatic N) is 2. The molecule has 30 heavy (non-hydrogen) atoms. The maximum Gasteiger partial charge on any atom is 0.286 e. The Morgan fingerprint density at radius 1 is 0.867 bits per heavy atom. The van der Waals surface area contributed by atoms with E-state index in [1.165, 1.54) is 16.8 Å². The summed E-state index contributed by atoms with van der Waals surface area (Å²) in [5, 5.41) is 5.45. The van der Waals surface area contributed by atoms with Crippen molar-refractivity contribution in [3.63, 3.8) is 0 Å². The quantitative estimate of drug-likeness (QED) is 0.364. The molecule has 2 aromatic carbocycles. The van der Waals surface area contributed by atoms with E-state index in [0.29, 0.717) is 32.2 Å². The van der Waals surface area contributed by atoms with E-state index in [2.05, 4.69) is 5.10 Å². The lowest BCUT2D eigenvalue weighted by Crippen LogP contribution is -2.22. The molecular weight excluding hydrogens is 424 g/mol. The highest BCUT2D eigenvalue weighted by atomic mass is 32.2. The Morgan fingerprint density at radius 2 is 1.40 bits per heavy atom. The van der Waals surface area contributed by atoms with E-state index >= 15 is 0 Å². The van der Waals surface area contributed by atoms with Gasteiger partial charge in [0.1, 0.15) is 0 Å². The first-order valence-electron chi connectivity index (χ1n) is 8.76. The molecule has 0 N–H and O–H groups in total. The van der Waals surface area contributed by atoms with Crippen LogP contribution in [-0.4, -0.2) is 49.9 Å². The summed E-state index contributed by atoms with van der Waals surface area (Å²) >= 11 is 6.51. The summed E-state index contributed by atoms with van der Waals surface area (Å²) in [4.78, 5) is 13.2. The SMILES string of the molecule is COc1ccc(C=NN2C(=O)/C(=C/c3ccc(OC)c(OC)c3)SC2=S)cc1OC. The third-order valence-electron chi connectivity index (χ3n) is 4.21. The van der Waals surface area contributed by atoms with Crippen LogP contribution in [0.1, 0.15) is 11.1 Å². The number of carbonyl (C=O) groups is 1. The minimum Gasteiger partial charge on any atom is -0.493 e. The molecule has 2 aromatic rings. The molecule has 7 nitrogen and oxygen atoms in total. The zero-order valence-electron chi connectivity index (χ0n) is 16.9. The second-order valence-electron chi connectivity index (χ2n) is 5.97. The van der Waals surface area contributed by atoms with E-state index < -0.39 is 0 Å². The first kappa shape index (κ1) is 21.7. The number of thioether (sulfide) groups is 1. The van der Waals surface area contributed by atoms with E-state index in [1.54, 1.807) is 65.0 Å². The molecule has 0 bridgehead atoms. The molecule has 9 heteroatoms. The first-order chi connectivity index (χ1) is 14.5. The molecule has 0 aromatic heterocycles. The number of thiocarbonyl (C=S) groups is 1. The fourth-order valence-corrected chi connectivity index (χ4v) is 3.88. The standard InChI is InChI=1S/C21H20N2O5S2/c1-25-15-7-5-13(9-17(15)27-3)11-19-20(24)23(21(29)30-19)22-12-14-6-8-16(26-2)18(10-14)28-4/h5-12H,1-4H3/b19-11-,22-12?. The number of methoxy groups -OCH3 is 4. The average Bonchev–Trinajstić information content (AvgIpc) is 3.04. The molecule has 0 atom stereocenters. The molecule has 0 radical (unpaired) electrons. The van der Waals surface area contributed by atoms with Gasteiger partial charge in [0.2, 0.25) is 0 Å². The Balaban J connectivity index is 1.81. The van der Waals surface area contributed by atoms with Gasteiger partial charge >= 0.3 is 0 Å². The molecule has 1 aliphatic heterocycles. The number of hydrazone groups is 1. The predicted molar refractivity (Wildman–Crippen MR) is 122 cm³/mol. The molecule has 156 valence electrons. The van der Waals surface area contributed by atoms with Crippen molar-refractivity contribution < 1.29 is 23.7 Å². The summed E-state index contributed by atoms with van der Waals surface area (Å²) in [6, 6.07) is 10.7. The molecule has 1 aliphatic rings. The van der Waals surface area contributed by atoms with Crippen LogP contribution >= 0.6 is 24.0 Å². The van der Waals surface area contributed by atoms with Gasteiger partial charge in [0.05, 0.1) is 39.6 Å². The van der Waals surface area contributed by atoms with Crippen molar-refractivity contribution in [1.29, 1.82) is 0 Å². The second kappa shape index (κ2) is 9.64. The maximum atomic E-state index is 12.8.